The third-order valence-corrected chi connectivity index (χ3v) is 4.87. The van der Waals surface area contributed by atoms with Crippen LogP contribution in [0.4, 0.5) is 4.79 Å². The molecule has 7 heteroatoms. The molecular formula is C20H23N3O4. The van der Waals surface area contributed by atoms with Crippen LogP contribution in [0.2, 0.25) is 0 Å². The van der Waals surface area contributed by atoms with E-state index in [2.05, 4.69) is 0 Å². The van der Waals surface area contributed by atoms with Gasteiger partial charge in [0.15, 0.2) is 0 Å². The number of nitrogens with zero attached hydrogens (tertiary/aromatic N) is 3. The maximum Gasteiger partial charge on any atom is 0.334 e. The van der Waals surface area contributed by atoms with E-state index in [1.165, 1.54) is 5.57 Å². The first-order valence-electron chi connectivity index (χ1n) is 9.22. The molecular weight excluding hydrogens is 346 g/mol. The first kappa shape index (κ1) is 18.8. The molecule has 0 aliphatic carbocycles. The molecule has 3 rings (SSSR count). The predicted molar refractivity (Wildman–Crippen MR) is 99.3 cm³/mol. The second-order valence-corrected chi connectivity index (χ2v) is 6.67. The van der Waals surface area contributed by atoms with Gasteiger partial charge in [-0.1, -0.05) is 49.8 Å². The van der Waals surface area contributed by atoms with E-state index in [1.807, 2.05) is 43.3 Å². The lowest BCUT2D eigenvalue weighted by Gasteiger charge is -2.28. The second kappa shape index (κ2) is 8.16. The number of rotatable bonds is 6. The summed E-state index contributed by atoms with van der Waals surface area (Å²) >= 11 is 0. The molecule has 0 radical (unpaired) electrons. The lowest BCUT2D eigenvalue weighted by atomic mass is 9.99. The van der Waals surface area contributed by atoms with Gasteiger partial charge in [0.25, 0.3) is 0 Å². The Kier molecular flexibility index (Phi) is 5.69. The summed E-state index contributed by atoms with van der Waals surface area (Å²) in [5, 5.41) is 0. The minimum absolute atomic E-state index is 0.206. The number of hydrogen-bond donors (Lipinski definition) is 0. The van der Waals surface area contributed by atoms with E-state index in [0.29, 0.717) is 25.9 Å². The van der Waals surface area contributed by atoms with Gasteiger partial charge in [-0.15, -0.1) is 0 Å². The third kappa shape index (κ3) is 3.92. The van der Waals surface area contributed by atoms with E-state index in [0.717, 1.165) is 21.8 Å². The lowest BCUT2D eigenvalue weighted by Crippen LogP contribution is -2.44. The fourth-order valence-electron chi connectivity index (χ4n) is 3.25. The summed E-state index contributed by atoms with van der Waals surface area (Å²) < 4.78 is 0. The van der Waals surface area contributed by atoms with Crippen LogP contribution < -0.4 is 0 Å². The van der Waals surface area contributed by atoms with Crippen LogP contribution in [0.3, 0.4) is 0 Å². The van der Waals surface area contributed by atoms with E-state index in [4.69, 9.17) is 0 Å². The molecule has 2 aliphatic rings. The molecule has 0 spiro atoms. The second-order valence-electron chi connectivity index (χ2n) is 6.67. The van der Waals surface area contributed by atoms with Crippen LogP contribution in [0.5, 0.6) is 0 Å². The molecule has 5 amide bonds. The zero-order valence-electron chi connectivity index (χ0n) is 15.4. The van der Waals surface area contributed by atoms with Gasteiger partial charge in [-0.25, -0.2) is 9.69 Å². The van der Waals surface area contributed by atoms with E-state index >= 15 is 0 Å². The molecule has 2 aliphatic heterocycles. The van der Waals surface area contributed by atoms with Gasteiger partial charge in [0.1, 0.15) is 6.54 Å². The van der Waals surface area contributed by atoms with Gasteiger partial charge in [0.2, 0.25) is 5.91 Å². The molecule has 2 heterocycles. The molecule has 7 nitrogen and oxygen atoms in total. The molecule has 27 heavy (non-hydrogen) atoms. The van der Waals surface area contributed by atoms with Crippen LogP contribution in [-0.4, -0.2) is 64.6 Å². The minimum atomic E-state index is -0.915. The van der Waals surface area contributed by atoms with Crippen LogP contribution in [0.1, 0.15) is 31.7 Å². The number of urea groups is 1. The van der Waals surface area contributed by atoms with Crippen LogP contribution in [0.15, 0.2) is 36.4 Å². The summed E-state index contributed by atoms with van der Waals surface area (Å²) in [5.41, 5.74) is 2.31. The number of unbranched alkanes of at least 4 members (excludes halogenated alkanes) is 1. The van der Waals surface area contributed by atoms with Crippen molar-refractivity contribution in [3.05, 3.63) is 42.0 Å². The van der Waals surface area contributed by atoms with Crippen molar-refractivity contribution in [2.75, 3.05) is 26.2 Å². The summed E-state index contributed by atoms with van der Waals surface area (Å²) in [7, 11) is 0. The molecule has 0 atom stereocenters. The SMILES string of the molecule is CCCCN1C(=O)C(=O)N(CC(=O)N2CC=C(c3ccccc3)CC2)C1=O. The molecule has 0 bridgehead atoms. The predicted octanol–water partition coefficient (Wildman–Crippen LogP) is 1.89. The molecule has 1 aromatic carbocycles. The van der Waals surface area contributed by atoms with Crippen molar-refractivity contribution in [1.82, 2.24) is 14.7 Å². The van der Waals surface area contributed by atoms with Gasteiger partial charge >= 0.3 is 17.8 Å². The summed E-state index contributed by atoms with van der Waals surface area (Å²) in [6.07, 6.45) is 4.13. The molecule has 0 aromatic heterocycles. The quantitative estimate of drug-likeness (QED) is 0.567. The maximum absolute atomic E-state index is 12.5. The maximum atomic E-state index is 12.5. The highest BCUT2D eigenvalue weighted by Gasteiger charge is 2.45. The summed E-state index contributed by atoms with van der Waals surface area (Å²) in [6, 6.07) is 9.27. The largest absolute Gasteiger partial charge is 0.337 e. The molecule has 0 N–H and O–H groups in total. The Morgan fingerprint density at radius 3 is 2.37 bits per heavy atom. The van der Waals surface area contributed by atoms with Gasteiger partial charge in [-0.3, -0.25) is 19.3 Å². The Morgan fingerprint density at radius 2 is 1.74 bits per heavy atom. The Morgan fingerprint density at radius 1 is 1.04 bits per heavy atom. The Balaban J connectivity index is 1.61. The summed E-state index contributed by atoms with van der Waals surface area (Å²) in [5.74, 6) is -2.08. The molecule has 0 saturated carbocycles. The summed E-state index contributed by atoms with van der Waals surface area (Å²) in [6.45, 7) is 2.69. The number of hydrogen-bond acceptors (Lipinski definition) is 4. The minimum Gasteiger partial charge on any atom is -0.337 e. The number of imide groups is 2. The molecule has 1 fully saturated rings. The standard InChI is InChI=1S/C20H23N3O4/c1-2-3-11-22-18(25)19(26)23(20(22)27)14-17(24)21-12-9-16(10-13-21)15-7-5-4-6-8-15/h4-9H,2-3,10-14H2,1H3. The average molecular weight is 369 g/mol. The number of carbonyl (C=O) groups excluding carboxylic acids is 4. The van der Waals surface area contributed by atoms with Gasteiger partial charge in [-0.2, -0.15) is 0 Å². The van der Waals surface area contributed by atoms with E-state index in [9.17, 15) is 19.2 Å². The van der Waals surface area contributed by atoms with Crippen molar-refractivity contribution in [2.45, 2.75) is 26.2 Å². The number of amides is 5. The van der Waals surface area contributed by atoms with Crippen molar-refractivity contribution in [2.24, 2.45) is 0 Å². The van der Waals surface area contributed by atoms with E-state index < -0.39 is 17.8 Å². The zero-order valence-corrected chi connectivity index (χ0v) is 15.4. The Hall–Kier alpha value is -2.96. The third-order valence-electron chi connectivity index (χ3n) is 4.87. The lowest BCUT2D eigenvalue weighted by molar-refractivity contribution is -0.144. The highest BCUT2D eigenvalue weighted by Crippen LogP contribution is 2.22. The molecule has 1 saturated heterocycles. The number of carbonyl (C=O) groups is 4. The Bertz CT molecular complexity index is 788. The van der Waals surface area contributed by atoms with Crippen LogP contribution >= 0.6 is 0 Å². The first-order valence-corrected chi connectivity index (χ1v) is 9.22. The molecule has 142 valence electrons. The van der Waals surface area contributed by atoms with Gasteiger partial charge in [0, 0.05) is 19.6 Å². The van der Waals surface area contributed by atoms with Crippen molar-refractivity contribution < 1.29 is 19.2 Å². The van der Waals surface area contributed by atoms with Crippen molar-refractivity contribution in [1.29, 1.82) is 0 Å². The van der Waals surface area contributed by atoms with Crippen LogP contribution in [0.25, 0.3) is 5.57 Å². The Labute approximate surface area is 158 Å². The van der Waals surface area contributed by atoms with E-state index in [1.54, 1.807) is 4.90 Å². The fourth-order valence-corrected chi connectivity index (χ4v) is 3.25. The van der Waals surface area contributed by atoms with Crippen LogP contribution in [0, 0.1) is 0 Å². The van der Waals surface area contributed by atoms with Gasteiger partial charge in [-0.05, 0) is 24.0 Å². The highest BCUT2D eigenvalue weighted by molar-refractivity contribution is 6.45. The van der Waals surface area contributed by atoms with Crippen molar-refractivity contribution >= 4 is 29.3 Å². The molecule has 0 unspecified atom stereocenters. The molecule has 1 aromatic rings. The highest BCUT2D eigenvalue weighted by atomic mass is 16.2. The van der Waals surface area contributed by atoms with Crippen molar-refractivity contribution in [3.63, 3.8) is 0 Å². The van der Waals surface area contributed by atoms with E-state index in [-0.39, 0.29) is 19.0 Å². The fraction of sp³-hybridized carbons (Fsp3) is 0.400. The normalized spacial score (nSPS) is 17.6. The summed E-state index contributed by atoms with van der Waals surface area (Å²) in [4.78, 5) is 52.2. The first-order chi connectivity index (χ1) is 13.0. The topological polar surface area (TPSA) is 78.0 Å². The van der Waals surface area contributed by atoms with Crippen molar-refractivity contribution in [3.8, 4) is 0 Å². The van der Waals surface area contributed by atoms with Gasteiger partial charge in [0.05, 0.1) is 0 Å². The number of benzene rings is 1. The zero-order chi connectivity index (χ0) is 19.4. The van der Waals surface area contributed by atoms with Gasteiger partial charge < -0.3 is 4.90 Å². The van der Waals surface area contributed by atoms with Crippen LogP contribution in [-0.2, 0) is 14.4 Å². The smallest absolute Gasteiger partial charge is 0.334 e. The average Bonchev–Trinajstić information content (AvgIpc) is 2.90. The monoisotopic (exact) mass is 369 g/mol.